The van der Waals surface area contributed by atoms with Crippen LogP contribution in [0.15, 0.2) is 36.4 Å². The maximum Gasteiger partial charge on any atom is 0.144 e. The molecule has 2 saturated carbocycles. The summed E-state index contributed by atoms with van der Waals surface area (Å²) < 4.78 is 0. The summed E-state index contributed by atoms with van der Waals surface area (Å²) in [6.45, 7) is 2.06. The minimum atomic E-state index is -0.389. The molecule has 2 unspecified atom stereocenters. The molecule has 0 N–H and O–H groups in total. The molecule has 2 fully saturated rings. The van der Waals surface area contributed by atoms with Crippen molar-refractivity contribution < 1.29 is 9.59 Å². The number of hydrogen-bond acceptors (Lipinski definition) is 2. The van der Waals surface area contributed by atoms with Gasteiger partial charge in [0.05, 0.1) is 5.92 Å². The zero-order valence-corrected chi connectivity index (χ0v) is 10.9. The maximum atomic E-state index is 12.2. The van der Waals surface area contributed by atoms with Gasteiger partial charge in [0, 0.05) is 18.3 Å². The lowest BCUT2D eigenvalue weighted by atomic mass is 9.67. The van der Waals surface area contributed by atoms with E-state index in [1.807, 2.05) is 0 Å². The fourth-order valence-corrected chi connectivity index (χ4v) is 4.58. The Kier molecular flexibility index (Phi) is 2.02. The van der Waals surface area contributed by atoms with Crippen LogP contribution in [0.3, 0.4) is 0 Å². The molecule has 0 aliphatic heterocycles. The Bertz CT molecular complexity index is 581. The molecule has 0 radical (unpaired) electrons. The van der Waals surface area contributed by atoms with E-state index in [4.69, 9.17) is 0 Å². The molecule has 2 nitrogen and oxygen atoms in total. The molecule has 4 rings (SSSR count). The Morgan fingerprint density at radius 3 is 2.00 bits per heavy atom. The van der Waals surface area contributed by atoms with Crippen LogP contribution in [0.4, 0.5) is 0 Å². The Morgan fingerprint density at radius 1 is 0.947 bits per heavy atom. The van der Waals surface area contributed by atoms with E-state index in [1.54, 1.807) is 0 Å². The van der Waals surface area contributed by atoms with Crippen LogP contribution in [0.1, 0.15) is 24.0 Å². The molecule has 3 aliphatic rings. The summed E-state index contributed by atoms with van der Waals surface area (Å²) in [5.41, 5.74) is 2.15. The minimum Gasteiger partial charge on any atom is -0.299 e. The molecule has 1 aromatic carbocycles. The topological polar surface area (TPSA) is 34.1 Å². The number of carbonyl (C=O) groups excluding carboxylic acids is 2. The highest BCUT2D eigenvalue weighted by molar-refractivity contribution is 6.09. The lowest BCUT2D eigenvalue weighted by Gasteiger charge is -2.34. The van der Waals surface area contributed by atoms with E-state index in [2.05, 4.69) is 43.3 Å². The quantitative estimate of drug-likeness (QED) is 0.568. The van der Waals surface area contributed by atoms with Crippen LogP contribution in [0.5, 0.6) is 0 Å². The second-order valence-electron chi connectivity index (χ2n) is 6.17. The molecule has 0 spiro atoms. The highest BCUT2D eigenvalue weighted by Crippen LogP contribution is 2.62. The Balaban J connectivity index is 1.95. The van der Waals surface area contributed by atoms with Crippen molar-refractivity contribution in [3.8, 4) is 0 Å². The predicted octanol–water partition coefficient (Wildman–Crippen LogP) is 2.60. The van der Waals surface area contributed by atoms with Crippen molar-refractivity contribution in [2.24, 2.45) is 17.8 Å². The van der Waals surface area contributed by atoms with Crippen LogP contribution >= 0.6 is 0 Å². The number of aryl methyl sites for hydroxylation is 1. The molecule has 0 saturated heterocycles. The van der Waals surface area contributed by atoms with Gasteiger partial charge in [-0.15, -0.1) is 0 Å². The molecule has 96 valence electrons. The summed E-state index contributed by atoms with van der Waals surface area (Å²) in [5.74, 6) is 0.373. The van der Waals surface area contributed by atoms with Crippen LogP contribution in [0.25, 0.3) is 0 Å². The summed E-state index contributed by atoms with van der Waals surface area (Å²) in [4.78, 5) is 24.5. The van der Waals surface area contributed by atoms with E-state index in [0.717, 1.165) is 0 Å². The van der Waals surface area contributed by atoms with Crippen LogP contribution in [-0.2, 0) is 15.0 Å². The van der Waals surface area contributed by atoms with E-state index in [0.29, 0.717) is 12.8 Å². The first-order chi connectivity index (χ1) is 9.14. The summed E-state index contributed by atoms with van der Waals surface area (Å²) in [6, 6.07) is 8.41. The van der Waals surface area contributed by atoms with Crippen molar-refractivity contribution in [2.75, 3.05) is 0 Å². The second kappa shape index (κ2) is 3.44. The highest BCUT2D eigenvalue weighted by atomic mass is 16.2. The molecule has 2 heteroatoms. The van der Waals surface area contributed by atoms with Gasteiger partial charge in [-0.25, -0.2) is 0 Å². The van der Waals surface area contributed by atoms with Gasteiger partial charge in [0.25, 0.3) is 0 Å². The fraction of sp³-hybridized carbons (Fsp3) is 0.412. The van der Waals surface area contributed by atoms with Gasteiger partial charge in [0.2, 0.25) is 0 Å². The maximum absolute atomic E-state index is 12.2. The number of benzene rings is 1. The van der Waals surface area contributed by atoms with Gasteiger partial charge in [-0.2, -0.15) is 0 Å². The van der Waals surface area contributed by atoms with Crippen molar-refractivity contribution >= 4 is 11.6 Å². The average Bonchev–Trinajstić information content (AvgIpc) is 2.95. The Labute approximate surface area is 112 Å². The zero-order valence-electron chi connectivity index (χ0n) is 10.9. The van der Waals surface area contributed by atoms with E-state index in [9.17, 15) is 9.59 Å². The summed E-state index contributed by atoms with van der Waals surface area (Å²) in [6.07, 6.45) is 5.43. The third-order valence-corrected chi connectivity index (χ3v) is 5.32. The molecule has 0 bridgehead atoms. The van der Waals surface area contributed by atoms with Gasteiger partial charge < -0.3 is 0 Å². The van der Waals surface area contributed by atoms with Gasteiger partial charge in [0.15, 0.2) is 0 Å². The molecular formula is C17H16O2. The fourth-order valence-electron chi connectivity index (χ4n) is 4.58. The van der Waals surface area contributed by atoms with Crippen molar-refractivity contribution in [1.82, 2.24) is 0 Å². The summed E-state index contributed by atoms with van der Waals surface area (Å²) in [5, 5.41) is 0. The van der Waals surface area contributed by atoms with E-state index in [1.165, 1.54) is 11.1 Å². The number of Topliss-reactive ketones (excluding diaryl/α,β-unsaturated/α-hetero) is 2. The van der Waals surface area contributed by atoms with Gasteiger partial charge in [-0.1, -0.05) is 42.0 Å². The average molecular weight is 252 g/mol. The number of hydrogen-bond donors (Lipinski definition) is 0. The van der Waals surface area contributed by atoms with Crippen LogP contribution < -0.4 is 0 Å². The molecular weight excluding hydrogens is 236 g/mol. The normalized spacial score (nSPS) is 39.1. The Hall–Kier alpha value is -1.70. The first-order valence-corrected chi connectivity index (χ1v) is 6.95. The van der Waals surface area contributed by atoms with Crippen molar-refractivity contribution in [3.05, 3.63) is 47.5 Å². The van der Waals surface area contributed by atoms with Crippen molar-refractivity contribution in [3.63, 3.8) is 0 Å². The van der Waals surface area contributed by atoms with Crippen LogP contribution in [0.2, 0.25) is 0 Å². The van der Waals surface area contributed by atoms with Gasteiger partial charge in [0.1, 0.15) is 11.6 Å². The monoisotopic (exact) mass is 252 g/mol. The molecule has 3 aliphatic carbocycles. The van der Waals surface area contributed by atoms with Gasteiger partial charge in [-0.3, -0.25) is 9.59 Å². The molecule has 0 amide bonds. The SMILES string of the molecule is Cc1ccc(C23C4C=CC2CC(=O)C3C(=O)C4)cc1. The van der Waals surface area contributed by atoms with Gasteiger partial charge in [-0.05, 0) is 24.3 Å². The molecule has 0 aromatic heterocycles. The predicted molar refractivity (Wildman–Crippen MR) is 71.7 cm³/mol. The third-order valence-electron chi connectivity index (χ3n) is 5.32. The number of allylic oxidation sites excluding steroid dienone is 2. The van der Waals surface area contributed by atoms with Gasteiger partial charge >= 0.3 is 0 Å². The van der Waals surface area contributed by atoms with Crippen molar-refractivity contribution in [1.29, 1.82) is 0 Å². The smallest absolute Gasteiger partial charge is 0.144 e. The van der Waals surface area contributed by atoms with E-state index >= 15 is 0 Å². The molecule has 2 atom stereocenters. The standard InChI is InChI=1S/C17H16O2/c1-10-2-4-11(5-3-10)17-12-6-7-13(17)9-15(19)16(17)14(18)8-12/h2-7,12-13,16H,8-9H2,1H3. The summed E-state index contributed by atoms with van der Waals surface area (Å²) in [7, 11) is 0. The Morgan fingerprint density at radius 2 is 1.47 bits per heavy atom. The lowest BCUT2D eigenvalue weighted by molar-refractivity contribution is -0.130. The lowest BCUT2D eigenvalue weighted by Crippen LogP contribution is -2.37. The first kappa shape index (κ1) is 11.2. The largest absolute Gasteiger partial charge is 0.299 e. The van der Waals surface area contributed by atoms with E-state index in [-0.39, 0.29) is 34.7 Å². The third kappa shape index (κ3) is 1.17. The molecule has 1 aromatic rings. The number of carbonyl (C=O) groups is 2. The zero-order chi connectivity index (χ0) is 13.2. The minimum absolute atomic E-state index is 0.155. The number of rotatable bonds is 1. The van der Waals surface area contributed by atoms with Crippen LogP contribution in [0, 0.1) is 24.7 Å². The highest BCUT2D eigenvalue weighted by Gasteiger charge is 2.66. The van der Waals surface area contributed by atoms with Crippen molar-refractivity contribution in [2.45, 2.75) is 25.2 Å². The first-order valence-electron chi connectivity index (χ1n) is 6.95. The van der Waals surface area contributed by atoms with Crippen LogP contribution in [-0.4, -0.2) is 11.6 Å². The second-order valence-corrected chi connectivity index (χ2v) is 6.17. The number of ketones is 2. The summed E-state index contributed by atoms with van der Waals surface area (Å²) >= 11 is 0. The molecule has 0 heterocycles. The van der Waals surface area contributed by atoms with E-state index < -0.39 is 0 Å². The molecule has 19 heavy (non-hydrogen) atoms.